The number of carbonyl (C=O) groups excluding carboxylic acids is 2. The molecule has 0 bridgehead atoms. The molecule has 0 radical (unpaired) electrons. The number of amides is 2. The fourth-order valence-corrected chi connectivity index (χ4v) is 4.24. The average molecular weight is 423 g/mol. The van der Waals surface area contributed by atoms with E-state index in [2.05, 4.69) is 15.5 Å². The Hall–Kier alpha value is -3.66. The zero-order chi connectivity index (χ0) is 21.3. The molecule has 10 heteroatoms. The predicted molar refractivity (Wildman–Crippen MR) is 112 cm³/mol. The Kier molecular flexibility index (Phi) is 5.23. The zero-order valence-corrected chi connectivity index (χ0v) is 16.8. The summed E-state index contributed by atoms with van der Waals surface area (Å²) >= 11 is 1.17. The third-order valence-corrected chi connectivity index (χ3v) is 5.89. The van der Waals surface area contributed by atoms with E-state index in [9.17, 15) is 19.7 Å². The average Bonchev–Trinajstić information content (AvgIpc) is 3.35. The number of aromatic nitrogens is 2. The summed E-state index contributed by atoms with van der Waals surface area (Å²) in [5, 5.41) is 22.7. The van der Waals surface area contributed by atoms with Crippen molar-refractivity contribution in [2.45, 2.75) is 19.3 Å². The van der Waals surface area contributed by atoms with Gasteiger partial charge in [0, 0.05) is 30.6 Å². The van der Waals surface area contributed by atoms with Crippen LogP contribution in [0, 0.1) is 17.0 Å². The molecular formula is C20H17N5O4S. The van der Waals surface area contributed by atoms with E-state index in [0.29, 0.717) is 18.0 Å². The molecule has 9 nitrogen and oxygen atoms in total. The van der Waals surface area contributed by atoms with Crippen molar-refractivity contribution in [2.24, 2.45) is 0 Å². The quantitative estimate of drug-likeness (QED) is 0.495. The minimum Gasteiger partial charge on any atom is -0.311 e. The summed E-state index contributed by atoms with van der Waals surface area (Å²) in [6.07, 6.45) is 0.307. The van der Waals surface area contributed by atoms with Crippen LogP contribution >= 0.6 is 11.3 Å². The molecule has 0 spiro atoms. The third-order valence-electron chi connectivity index (χ3n) is 4.89. The van der Waals surface area contributed by atoms with Gasteiger partial charge in [0.2, 0.25) is 11.0 Å². The van der Waals surface area contributed by atoms with Crippen LogP contribution in [0.25, 0.3) is 0 Å². The second kappa shape index (κ2) is 7.99. The normalized spacial score (nSPS) is 16.0. The lowest BCUT2D eigenvalue weighted by atomic mass is 10.1. The molecule has 2 heterocycles. The van der Waals surface area contributed by atoms with Crippen LogP contribution in [0.2, 0.25) is 0 Å². The van der Waals surface area contributed by atoms with Crippen LogP contribution in [0.15, 0.2) is 48.5 Å². The van der Waals surface area contributed by atoms with E-state index in [-0.39, 0.29) is 28.2 Å². The maximum Gasteiger partial charge on any atom is 0.282 e. The minimum absolute atomic E-state index is 0.00926. The van der Waals surface area contributed by atoms with Crippen LogP contribution in [0.1, 0.15) is 33.3 Å². The van der Waals surface area contributed by atoms with Crippen molar-refractivity contribution >= 4 is 39.7 Å². The highest BCUT2D eigenvalue weighted by Gasteiger charge is 2.34. The number of carbonyl (C=O) groups is 2. The number of aryl methyl sites for hydroxylation is 1. The molecule has 1 aliphatic heterocycles. The first-order valence-corrected chi connectivity index (χ1v) is 10.00. The Balaban J connectivity index is 1.49. The van der Waals surface area contributed by atoms with Gasteiger partial charge in [-0.05, 0) is 24.6 Å². The molecule has 30 heavy (non-hydrogen) atoms. The Morgan fingerprint density at radius 1 is 1.20 bits per heavy atom. The molecule has 1 saturated heterocycles. The Bertz CT molecular complexity index is 1150. The SMILES string of the molecule is Cc1ccccc1N1CC(c2nnc(NC(=O)c3ccccc3[N+](=O)[O-])s2)CC1=O. The molecule has 1 unspecified atom stereocenters. The molecule has 2 aromatic carbocycles. The molecule has 4 rings (SSSR count). The van der Waals surface area contributed by atoms with Crippen LogP contribution in [-0.4, -0.2) is 33.5 Å². The first kappa shape index (κ1) is 19.6. The first-order chi connectivity index (χ1) is 14.4. The van der Waals surface area contributed by atoms with E-state index in [1.54, 1.807) is 11.0 Å². The zero-order valence-electron chi connectivity index (χ0n) is 15.9. The topological polar surface area (TPSA) is 118 Å². The van der Waals surface area contributed by atoms with Crippen LogP contribution in [0.3, 0.4) is 0 Å². The van der Waals surface area contributed by atoms with Gasteiger partial charge in [-0.25, -0.2) is 0 Å². The number of nitro groups is 1. The highest BCUT2D eigenvalue weighted by atomic mass is 32.1. The van der Waals surface area contributed by atoms with Crippen molar-refractivity contribution in [3.8, 4) is 0 Å². The summed E-state index contributed by atoms with van der Waals surface area (Å²) in [7, 11) is 0. The van der Waals surface area contributed by atoms with Crippen molar-refractivity contribution in [2.75, 3.05) is 16.8 Å². The van der Waals surface area contributed by atoms with Gasteiger partial charge in [-0.2, -0.15) is 0 Å². The number of benzene rings is 2. The second-order valence-electron chi connectivity index (χ2n) is 6.87. The van der Waals surface area contributed by atoms with E-state index in [1.807, 2.05) is 31.2 Å². The highest BCUT2D eigenvalue weighted by molar-refractivity contribution is 7.15. The Morgan fingerprint density at radius 2 is 1.93 bits per heavy atom. The molecular weight excluding hydrogens is 406 g/mol. The fourth-order valence-electron chi connectivity index (χ4n) is 3.41. The number of nitrogens with zero attached hydrogens (tertiary/aromatic N) is 4. The van der Waals surface area contributed by atoms with E-state index in [0.717, 1.165) is 11.3 Å². The van der Waals surface area contributed by atoms with Crippen molar-refractivity contribution in [3.63, 3.8) is 0 Å². The number of anilines is 2. The predicted octanol–water partition coefficient (Wildman–Crippen LogP) is 3.53. The molecule has 2 amide bonds. The fraction of sp³-hybridized carbons (Fsp3) is 0.200. The summed E-state index contributed by atoms with van der Waals surface area (Å²) in [6, 6.07) is 13.4. The molecule has 1 aliphatic rings. The number of rotatable bonds is 5. The lowest BCUT2D eigenvalue weighted by Crippen LogP contribution is -2.25. The van der Waals surface area contributed by atoms with E-state index >= 15 is 0 Å². The summed E-state index contributed by atoms with van der Waals surface area (Å²) in [4.78, 5) is 37.2. The van der Waals surface area contributed by atoms with Gasteiger partial charge < -0.3 is 4.90 Å². The largest absolute Gasteiger partial charge is 0.311 e. The van der Waals surface area contributed by atoms with Crippen LogP contribution < -0.4 is 10.2 Å². The van der Waals surface area contributed by atoms with Crippen molar-refractivity contribution in [1.82, 2.24) is 10.2 Å². The van der Waals surface area contributed by atoms with Crippen molar-refractivity contribution in [3.05, 3.63) is 74.8 Å². The van der Waals surface area contributed by atoms with E-state index in [4.69, 9.17) is 0 Å². The van der Waals surface area contributed by atoms with Gasteiger partial charge in [0.15, 0.2) is 0 Å². The van der Waals surface area contributed by atoms with Gasteiger partial charge in [0.1, 0.15) is 10.6 Å². The Labute approximate surface area is 175 Å². The summed E-state index contributed by atoms with van der Waals surface area (Å²) < 4.78 is 0. The summed E-state index contributed by atoms with van der Waals surface area (Å²) in [5.74, 6) is -0.754. The number of hydrogen-bond acceptors (Lipinski definition) is 7. The van der Waals surface area contributed by atoms with Gasteiger partial charge in [-0.3, -0.25) is 25.0 Å². The van der Waals surface area contributed by atoms with Gasteiger partial charge in [0.05, 0.1) is 4.92 Å². The smallest absolute Gasteiger partial charge is 0.282 e. The number of hydrogen-bond donors (Lipinski definition) is 1. The lowest BCUT2D eigenvalue weighted by molar-refractivity contribution is -0.385. The van der Waals surface area contributed by atoms with Gasteiger partial charge in [0.25, 0.3) is 11.6 Å². The van der Waals surface area contributed by atoms with Crippen molar-refractivity contribution in [1.29, 1.82) is 0 Å². The first-order valence-electron chi connectivity index (χ1n) is 9.18. The molecule has 1 fully saturated rings. The summed E-state index contributed by atoms with van der Waals surface area (Å²) in [6.45, 7) is 2.44. The van der Waals surface area contributed by atoms with Crippen LogP contribution in [-0.2, 0) is 4.79 Å². The standard InChI is InChI=1S/C20H17N5O4S/c1-12-6-2-4-8-15(12)24-11-13(10-17(24)26)19-22-23-20(30-19)21-18(27)14-7-3-5-9-16(14)25(28)29/h2-9,13H,10-11H2,1H3,(H,21,23,27). The number of para-hydroxylation sites is 2. The van der Waals surface area contributed by atoms with Crippen LogP contribution in [0.4, 0.5) is 16.5 Å². The van der Waals surface area contributed by atoms with Gasteiger partial charge in [-0.15, -0.1) is 10.2 Å². The number of nitrogens with one attached hydrogen (secondary N) is 1. The van der Waals surface area contributed by atoms with Gasteiger partial charge in [-0.1, -0.05) is 41.7 Å². The molecule has 152 valence electrons. The molecule has 1 atom stereocenters. The molecule has 0 saturated carbocycles. The molecule has 1 aromatic heterocycles. The monoisotopic (exact) mass is 423 g/mol. The highest BCUT2D eigenvalue weighted by Crippen LogP contribution is 2.35. The maximum absolute atomic E-state index is 12.5. The van der Waals surface area contributed by atoms with Crippen LogP contribution in [0.5, 0.6) is 0 Å². The second-order valence-corrected chi connectivity index (χ2v) is 7.87. The lowest BCUT2D eigenvalue weighted by Gasteiger charge is -2.18. The molecule has 3 aromatic rings. The third kappa shape index (κ3) is 3.77. The van der Waals surface area contributed by atoms with E-state index < -0.39 is 10.8 Å². The maximum atomic E-state index is 12.5. The minimum atomic E-state index is -0.631. The molecule has 1 N–H and O–H groups in total. The van der Waals surface area contributed by atoms with Gasteiger partial charge >= 0.3 is 0 Å². The number of nitro benzene ring substituents is 1. The Morgan fingerprint density at radius 3 is 2.70 bits per heavy atom. The molecule has 0 aliphatic carbocycles. The van der Waals surface area contributed by atoms with Crippen molar-refractivity contribution < 1.29 is 14.5 Å². The summed E-state index contributed by atoms with van der Waals surface area (Å²) in [5.41, 5.74) is 1.55. The van der Waals surface area contributed by atoms with E-state index in [1.165, 1.54) is 29.5 Å².